The molecule has 2 aliphatic heterocycles. The number of rotatable bonds is 4. The smallest absolute Gasteiger partial charge is 0.246 e. The van der Waals surface area contributed by atoms with E-state index in [2.05, 4.69) is 5.10 Å². The fourth-order valence-electron chi connectivity index (χ4n) is 4.46. The first kappa shape index (κ1) is 19.1. The summed E-state index contributed by atoms with van der Waals surface area (Å²) in [4.78, 5) is 14.5. The van der Waals surface area contributed by atoms with Crippen molar-refractivity contribution >= 4 is 15.9 Å². The first-order valence-corrected chi connectivity index (χ1v) is 10.8. The summed E-state index contributed by atoms with van der Waals surface area (Å²) in [6.07, 6.45) is 3.20. The minimum atomic E-state index is -3.64. The van der Waals surface area contributed by atoms with E-state index in [0.717, 1.165) is 5.56 Å². The van der Waals surface area contributed by atoms with Gasteiger partial charge in [-0.05, 0) is 23.6 Å². The van der Waals surface area contributed by atoms with E-state index < -0.39 is 10.0 Å². The van der Waals surface area contributed by atoms with Gasteiger partial charge in [0.1, 0.15) is 10.7 Å². The molecule has 4 rings (SSSR count). The van der Waals surface area contributed by atoms with Crippen LogP contribution in [0.1, 0.15) is 24.9 Å². The molecule has 0 unspecified atom stereocenters. The number of amides is 1. The molecule has 0 saturated carbocycles. The van der Waals surface area contributed by atoms with Gasteiger partial charge in [0, 0.05) is 45.2 Å². The SMILES string of the molecule is CCC(=O)N1C[C@@H]2CN(S(=O)(=O)c3cnn(C)c3)C[C@@H]2[C@H]1c1cccc(F)c1. The van der Waals surface area contributed by atoms with Crippen LogP contribution < -0.4 is 0 Å². The van der Waals surface area contributed by atoms with Crippen molar-refractivity contribution in [3.05, 3.63) is 48.0 Å². The van der Waals surface area contributed by atoms with Gasteiger partial charge < -0.3 is 4.90 Å². The normalized spacial score (nSPS) is 25.2. The highest BCUT2D eigenvalue weighted by molar-refractivity contribution is 7.89. The van der Waals surface area contributed by atoms with Gasteiger partial charge in [0.2, 0.25) is 15.9 Å². The predicted molar refractivity (Wildman–Crippen MR) is 100 cm³/mol. The lowest BCUT2D eigenvalue weighted by atomic mass is 9.89. The van der Waals surface area contributed by atoms with Gasteiger partial charge in [-0.2, -0.15) is 9.40 Å². The lowest BCUT2D eigenvalue weighted by Crippen LogP contribution is -2.37. The number of likely N-dealkylation sites (tertiary alicyclic amines) is 1. The second-order valence-corrected chi connectivity index (χ2v) is 9.43. The zero-order chi connectivity index (χ0) is 20.1. The summed E-state index contributed by atoms with van der Waals surface area (Å²) in [5.74, 6) is -0.396. The maximum atomic E-state index is 13.8. The van der Waals surface area contributed by atoms with Crippen LogP contribution in [-0.2, 0) is 21.9 Å². The highest BCUT2D eigenvalue weighted by Crippen LogP contribution is 2.46. The van der Waals surface area contributed by atoms with E-state index in [1.54, 1.807) is 24.9 Å². The number of aromatic nitrogens is 2. The molecule has 0 aliphatic carbocycles. The topological polar surface area (TPSA) is 75.5 Å². The molecule has 0 bridgehead atoms. The van der Waals surface area contributed by atoms with E-state index in [4.69, 9.17) is 0 Å². The zero-order valence-electron chi connectivity index (χ0n) is 15.8. The summed E-state index contributed by atoms with van der Waals surface area (Å²) in [5.41, 5.74) is 0.718. The Morgan fingerprint density at radius 1 is 1.29 bits per heavy atom. The standard InChI is InChI=1S/C19H23FN4O3S/c1-3-18(25)24-10-14-9-23(28(26,27)16-8-21-22(2)11-16)12-17(14)19(24)13-5-4-6-15(20)7-13/h4-8,11,14,17,19H,3,9-10,12H2,1-2H3/t14-,17-,19+/m0/s1. The van der Waals surface area contributed by atoms with Crippen molar-refractivity contribution in [2.24, 2.45) is 18.9 Å². The Kier molecular flexibility index (Phi) is 4.75. The quantitative estimate of drug-likeness (QED) is 0.776. The molecule has 9 heteroatoms. The second-order valence-electron chi connectivity index (χ2n) is 7.50. The highest BCUT2D eigenvalue weighted by atomic mass is 32.2. The number of carbonyl (C=O) groups is 1. The van der Waals surface area contributed by atoms with Crippen molar-refractivity contribution < 1.29 is 17.6 Å². The molecule has 1 amide bonds. The van der Waals surface area contributed by atoms with Gasteiger partial charge in [-0.3, -0.25) is 9.48 Å². The molecule has 0 spiro atoms. The Morgan fingerprint density at radius 2 is 2.07 bits per heavy atom. The molecule has 2 saturated heterocycles. The number of benzene rings is 1. The zero-order valence-corrected chi connectivity index (χ0v) is 16.6. The van der Waals surface area contributed by atoms with Crippen LogP contribution in [0.25, 0.3) is 0 Å². The molecule has 0 radical (unpaired) electrons. The van der Waals surface area contributed by atoms with Gasteiger partial charge >= 0.3 is 0 Å². The molecule has 0 N–H and O–H groups in total. The molecule has 28 heavy (non-hydrogen) atoms. The minimum Gasteiger partial charge on any atom is -0.335 e. The molecule has 3 heterocycles. The lowest BCUT2D eigenvalue weighted by molar-refractivity contribution is -0.132. The van der Waals surface area contributed by atoms with Gasteiger partial charge in [0.05, 0.1) is 12.2 Å². The summed E-state index contributed by atoms with van der Waals surface area (Å²) >= 11 is 0. The summed E-state index contributed by atoms with van der Waals surface area (Å²) < 4.78 is 42.7. The van der Waals surface area contributed by atoms with E-state index >= 15 is 0 Å². The van der Waals surface area contributed by atoms with Crippen LogP contribution in [0.4, 0.5) is 4.39 Å². The number of halogens is 1. The van der Waals surface area contributed by atoms with Crippen LogP contribution in [0.2, 0.25) is 0 Å². The molecule has 150 valence electrons. The number of carbonyl (C=O) groups excluding carboxylic acids is 1. The van der Waals surface area contributed by atoms with Gasteiger partial charge in [0.25, 0.3) is 0 Å². The van der Waals surface area contributed by atoms with Crippen LogP contribution in [-0.4, -0.2) is 52.9 Å². The molecular weight excluding hydrogens is 383 g/mol. The number of fused-ring (bicyclic) bond motifs is 1. The Morgan fingerprint density at radius 3 is 2.71 bits per heavy atom. The van der Waals surface area contributed by atoms with Crippen LogP contribution >= 0.6 is 0 Å². The molecule has 2 aliphatic rings. The highest BCUT2D eigenvalue weighted by Gasteiger charge is 2.51. The Balaban J connectivity index is 1.65. The monoisotopic (exact) mass is 406 g/mol. The average molecular weight is 406 g/mol. The van der Waals surface area contributed by atoms with Gasteiger partial charge in [-0.15, -0.1) is 0 Å². The van der Waals surface area contributed by atoms with Crippen molar-refractivity contribution in [2.45, 2.75) is 24.3 Å². The van der Waals surface area contributed by atoms with E-state index in [-0.39, 0.29) is 34.5 Å². The van der Waals surface area contributed by atoms with Crippen molar-refractivity contribution in [3.8, 4) is 0 Å². The maximum absolute atomic E-state index is 13.8. The minimum absolute atomic E-state index is 0.00493. The summed E-state index contributed by atoms with van der Waals surface area (Å²) in [6.45, 7) is 2.94. The van der Waals surface area contributed by atoms with Gasteiger partial charge in [0.15, 0.2) is 0 Å². The van der Waals surface area contributed by atoms with Crippen molar-refractivity contribution in [1.29, 1.82) is 0 Å². The van der Waals surface area contributed by atoms with Gasteiger partial charge in [-0.25, -0.2) is 12.8 Å². The fourth-order valence-corrected chi connectivity index (χ4v) is 5.98. The first-order chi connectivity index (χ1) is 13.3. The second kappa shape index (κ2) is 6.97. The number of sulfonamides is 1. The van der Waals surface area contributed by atoms with E-state index in [0.29, 0.717) is 26.1 Å². The molecule has 7 nitrogen and oxygen atoms in total. The predicted octanol–water partition coefficient (Wildman–Crippen LogP) is 1.79. The molecule has 2 fully saturated rings. The number of aryl methyl sites for hydroxylation is 1. The van der Waals surface area contributed by atoms with E-state index in [1.165, 1.54) is 33.5 Å². The van der Waals surface area contributed by atoms with Crippen LogP contribution in [0.15, 0.2) is 41.6 Å². The molecule has 3 atom stereocenters. The maximum Gasteiger partial charge on any atom is 0.246 e. The summed E-state index contributed by atoms with van der Waals surface area (Å²) in [6, 6.07) is 5.94. The van der Waals surface area contributed by atoms with E-state index in [1.807, 2.05) is 6.07 Å². The first-order valence-electron chi connectivity index (χ1n) is 9.35. The van der Waals surface area contributed by atoms with Gasteiger partial charge in [-0.1, -0.05) is 19.1 Å². The molecule has 1 aromatic heterocycles. The summed E-state index contributed by atoms with van der Waals surface area (Å²) in [7, 11) is -1.97. The third-order valence-electron chi connectivity index (χ3n) is 5.76. The third kappa shape index (κ3) is 3.12. The van der Waals surface area contributed by atoms with Crippen molar-refractivity contribution in [3.63, 3.8) is 0 Å². The Hall–Kier alpha value is -2.26. The number of hydrogen-bond acceptors (Lipinski definition) is 4. The van der Waals surface area contributed by atoms with Crippen LogP contribution in [0.5, 0.6) is 0 Å². The van der Waals surface area contributed by atoms with Crippen molar-refractivity contribution in [1.82, 2.24) is 19.0 Å². The number of hydrogen-bond donors (Lipinski definition) is 0. The summed E-state index contributed by atoms with van der Waals surface area (Å²) in [5, 5.41) is 3.96. The molecule has 2 aromatic rings. The van der Waals surface area contributed by atoms with Crippen LogP contribution in [0, 0.1) is 17.7 Å². The Bertz CT molecular complexity index is 1010. The van der Waals surface area contributed by atoms with E-state index in [9.17, 15) is 17.6 Å². The fraction of sp³-hybridized carbons (Fsp3) is 0.474. The largest absolute Gasteiger partial charge is 0.335 e. The Labute approximate surface area is 163 Å². The molecular formula is C19H23FN4O3S. The number of nitrogens with zero attached hydrogens (tertiary/aromatic N) is 4. The molecule has 1 aromatic carbocycles. The lowest BCUT2D eigenvalue weighted by Gasteiger charge is -2.29. The average Bonchev–Trinajstić information content (AvgIpc) is 3.35. The third-order valence-corrected chi connectivity index (χ3v) is 7.55. The van der Waals surface area contributed by atoms with Crippen LogP contribution in [0.3, 0.4) is 0 Å². The van der Waals surface area contributed by atoms with Crippen molar-refractivity contribution in [2.75, 3.05) is 19.6 Å².